The molecule has 17 aromatic rings. The molecule has 5 aromatic heterocycles. The molecule has 2 saturated carbocycles. The number of pyridine rings is 5. The van der Waals surface area contributed by atoms with E-state index in [0.717, 1.165) is 31.1 Å². The molecule has 648 valence electrons. The van der Waals surface area contributed by atoms with Crippen molar-refractivity contribution in [1.82, 2.24) is 0 Å². The fraction of sp³-hybridized carbons (Fsp3) is 0.309. The van der Waals surface area contributed by atoms with Crippen molar-refractivity contribution < 1.29 is 22.8 Å². The van der Waals surface area contributed by atoms with E-state index in [2.05, 4.69) is 449 Å². The maximum atomic E-state index is 2.46. The minimum atomic E-state index is 0.0158. The normalized spacial score (nSPS) is 13.6. The monoisotopic (exact) mass is 1680 g/mol. The molecule has 0 unspecified atom stereocenters. The highest BCUT2D eigenvalue weighted by Gasteiger charge is 2.37. The Morgan fingerprint density at radius 1 is 0.266 bits per heavy atom. The lowest BCUT2D eigenvalue weighted by Crippen LogP contribution is -2.31. The smallest absolute Gasteiger partial charge is 0.200 e. The topological polar surface area (TPSA) is 19.4 Å². The van der Waals surface area contributed by atoms with Gasteiger partial charge in [-0.05, 0) is 312 Å². The Kier molecular flexibility index (Phi) is 26.6. The zero-order chi connectivity index (χ0) is 90.1. The first-order valence-corrected chi connectivity index (χ1v) is 47.6. The summed E-state index contributed by atoms with van der Waals surface area (Å²) in [5, 5.41) is 16.0. The van der Waals surface area contributed by atoms with Gasteiger partial charge in [-0.25, -0.2) is 22.8 Å². The van der Waals surface area contributed by atoms with Crippen molar-refractivity contribution in [3.63, 3.8) is 0 Å². The number of rotatable bonds is 13. The lowest BCUT2D eigenvalue weighted by molar-refractivity contribution is -0.659. The van der Waals surface area contributed by atoms with Crippen molar-refractivity contribution in [2.45, 2.75) is 199 Å². The molecule has 5 heteroatoms. The van der Waals surface area contributed by atoms with Gasteiger partial charge in [-0.15, -0.1) is 0 Å². The third-order valence-electron chi connectivity index (χ3n) is 28.2. The van der Waals surface area contributed by atoms with Crippen molar-refractivity contribution in [3.8, 4) is 67.4 Å². The van der Waals surface area contributed by atoms with Crippen molar-refractivity contribution in [3.05, 3.63) is 363 Å². The molecule has 3 aliphatic rings. The van der Waals surface area contributed by atoms with Crippen molar-refractivity contribution in [2.24, 2.45) is 53.0 Å². The van der Waals surface area contributed by atoms with Gasteiger partial charge in [0.25, 0.3) is 0 Å². The van der Waals surface area contributed by atoms with Gasteiger partial charge >= 0.3 is 0 Å². The van der Waals surface area contributed by atoms with Crippen LogP contribution in [0.15, 0.2) is 280 Å². The summed E-state index contributed by atoms with van der Waals surface area (Å²) in [5.74, 6) is 3.57. The summed E-state index contributed by atoms with van der Waals surface area (Å²) in [6.07, 6.45) is 25.4. The molecule has 5 nitrogen and oxygen atoms in total. The van der Waals surface area contributed by atoms with Gasteiger partial charge in [0.2, 0.25) is 28.5 Å². The molecule has 0 N–H and O–H groups in total. The summed E-state index contributed by atoms with van der Waals surface area (Å²) in [4.78, 5) is 0. The predicted octanol–water partition coefficient (Wildman–Crippen LogP) is 29.5. The molecule has 128 heavy (non-hydrogen) atoms. The molecule has 3 aliphatic carbocycles. The maximum Gasteiger partial charge on any atom is 0.220 e. The summed E-state index contributed by atoms with van der Waals surface area (Å²) in [7, 11) is 10.8. The summed E-state index contributed by atoms with van der Waals surface area (Å²) in [6.45, 7) is 36.1. The van der Waals surface area contributed by atoms with Crippen LogP contribution in [0.3, 0.4) is 0 Å². The summed E-state index contributed by atoms with van der Waals surface area (Å²) in [5.41, 5.74) is 36.9. The SMILES string of the molecule is Cc1cc(C)c(C)c(-c2c3ccc(CC(C)C)cc3cc[n+]2C)c1.Cc1cc2c(cc1-c1c3ccc(CC(C)C)cc3cc[n+]1C)C(C)(C)c1ccccc1-2.Cc1cc2ccccc2cc1-c1c2ccc(CC(C)C)cc2cc[n+]1C.Cc1ccc(C)c(-c2c3ccc(C4CCCC4)cc3cc[n+]2C)c1.Cc1ccccc1-c1c2ccc(C3CCCC3)cc2cc[n+]1C. The van der Waals surface area contributed by atoms with E-state index in [1.165, 1.54) is 267 Å². The molecule has 0 bridgehead atoms. The number of fused-ring (bicyclic) bond motifs is 9. The molecule has 0 aliphatic heterocycles. The van der Waals surface area contributed by atoms with E-state index in [1.807, 2.05) is 0 Å². The lowest BCUT2D eigenvalue weighted by Gasteiger charge is -2.22. The Morgan fingerprint density at radius 2 is 0.625 bits per heavy atom. The molecular weight excluding hydrogens is 1550 g/mol. The Hall–Kier alpha value is -12.1. The number of aryl methyl sites for hydroxylation is 12. The standard InChI is InChI=1S/C30H32N.C25H26N.C23H26N.C23H28N.C22H24N/c1-19(2)15-21-11-12-23-22(17-21)13-14-31(6)29(23)25-18-28-26(16-20(25)3)24-9-7-8-10-27(24)30(28,4)5;1-17(2)13-19-9-10-23-22(15-19)11-12-26(4)25(23)24-16-21-8-6-5-7-20(21)14-18(24)3;1-16-8-9-17(2)22(14-16)23-21-11-10-19(18-6-4-5-7-18)15-20(21)12-13-24(23)3;1-15(2)11-19-7-8-21-20(14-19)9-10-24(6)23(21)22-13-16(3)12-17(4)18(22)5;1-16-7-3-6-10-20(16)22-21-12-11-18(17-8-4-5-9-17)15-19(21)13-14-23(22)2/h7-14,16-19H,15H2,1-6H3;5-12,14-17H,13H2,1-4H3;8-15,18H,4-7H2,1-3H3;7-10,12-15H,11H2,1-6H3;3,6-7,10-15,17H,4-5,8-9H2,1-2H3/q5*+1. The predicted molar refractivity (Wildman–Crippen MR) is 544 cm³/mol. The lowest BCUT2D eigenvalue weighted by atomic mass is 9.81. The summed E-state index contributed by atoms with van der Waals surface area (Å²) < 4.78 is 11.3. The highest BCUT2D eigenvalue weighted by molar-refractivity contribution is 6.00. The first kappa shape index (κ1) is 89.3. The molecule has 0 radical (unpaired) electrons. The molecular formula is C123H136N5+5. The zero-order valence-corrected chi connectivity index (χ0v) is 80.5. The van der Waals surface area contributed by atoms with Crippen LogP contribution in [0.25, 0.3) is 132 Å². The molecule has 2 fully saturated rings. The molecule has 5 heterocycles. The zero-order valence-electron chi connectivity index (χ0n) is 80.5. The number of hydrogen-bond donors (Lipinski definition) is 0. The van der Waals surface area contributed by atoms with E-state index in [-0.39, 0.29) is 5.41 Å². The fourth-order valence-corrected chi connectivity index (χ4v) is 21.4. The van der Waals surface area contributed by atoms with Gasteiger partial charge in [0.1, 0.15) is 35.2 Å². The number of aromatic nitrogens is 5. The highest BCUT2D eigenvalue weighted by atomic mass is 14.9. The van der Waals surface area contributed by atoms with Gasteiger partial charge in [0.05, 0.1) is 43.6 Å². The maximum absolute atomic E-state index is 2.46. The third-order valence-corrected chi connectivity index (χ3v) is 28.2. The van der Waals surface area contributed by atoms with E-state index in [4.69, 9.17) is 0 Å². The fourth-order valence-electron chi connectivity index (χ4n) is 21.4. The summed E-state index contributed by atoms with van der Waals surface area (Å²) in [6, 6.07) is 93.5. The second-order valence-electron chi connectivity index (χ2n) is 39.9. The Bertz CT molecular complexity index is 7030. The molecule has 20 rings (SSSR count). The van der Waals surface area contributed by atoms with Crippen LogP contribution in [-0.2, 0) is 59.9 Å². The first-order chi connectivity index (χ1) is 61.5. The minimum Gasteiger partial charge on any atom is -0.200 e. The van der Waals surface area contributed by atoms with Crippen molar-refractivity contribution in [1.29, 1.82) is 0 Å². The van der Waals surface area contributed by atoms with Crippen LogP contribution < -0.4 is 22.8 Å². The van der Waals surface area contributed by atoms with E-state index in [9.17, 15) is 0 Å². The molecule has 0 saturated heterocycles. The second kappa shape index (κ2) is 38.1. The van der Waals surface area contributed by atoms with Gasteiger partial charge in [-0.3, -0.25) is 0 Å². The average Bonchev–Trinajstić information content (AvgIpc) is 1.57. The highest BCUT2D eigenvalue weighted by Crippen LogP contribution is 2.51. The summed E-state index contributed by atoms with van der Waals surface area (Å²) >= 11 is 0. The van der Waals surface area contributed by atoms with Crippen molar-refractivity contribution in [2.75, 3.05) is 0 Å². The van der Waals surface area contributed by atoms with Crippen LogP contribution in [0.1, 0.15) is 202 Å². The Balaban J connectivity index is 0.000000118. The Labute approximate surface area is 764 Å². The van der Waals surface area contributed by atoms with Gasteiger partial charge in [-0.1, -0.05) is 250 Å². The molecule has 12 aromatic carbocycles. The van der Waals surface area contributed by atoms with E-state index in [0.29, 0.717) is 17.8 Å². The first-order valence-electron chi connectivity index (χ1n) is 47.6. The third kappa shape index (κ3) is 18.8. The van der Waals surface area contributed by atoms with Gasteiger partial charge in [0, 0.05) is 46.9 Å². The van der Waals surface area contributed by atoms with Gasteiger partial charge in [0.15, 0.2) is 31.0 Å². The van der Waals surface area contributed by atoms with Crippen LogP contribution in [0.4, 0.5) is 0 Å². The Morgan fingerprint density at radius 3 is 1.08 bits per heavy atom. The van der Waals surface area contributed by atoms with E-state index < -0.39 is 0 Å². The average molecular weight is 1680 g/mol. The number of benzene rings is 12. The van der Waals surface area contributed by atoms with Crippen LogP contribution in [0, 0.1) is 73.1 Å². The quantitative estimate of drug-likeness (QED) is 0.103. The molecule has 0 spiro atoms. The van der Waals surface area contributed by atoms with Gasteiger partial charge in [-0.2, -0.15) is 0 Å². The van der Waals surface area contributed by atoms with Crippen LogP contribution in [-0.4, -0.2) is 0 Å². The van der Waals surface area contributed by atoms with Crippen LogP contribution in [0.2, 0.25) is 0 Å². The van der Waals surface area contributed by atoms with Gasteiger partial charge < -0.3 is 0 Å². The van der Waals surface area contributed by atoms with E-state index in [1.54, 1.807) is 0 Å². The number of hydrogen-bond acceptors (Lipinski definition) is 0. The second-order valence-corrected chi connectivity index (χ2v) is 39.9. The molecule has 0 amide bonds. The number of nitrogens with zero attached hydrogens (tertiary/aromatic N) is 5. The largest absolute Gasteiger partial charge is 0.220 e. The van der Waals surface area contributed by atoms with Crippen molar-refractivity contribution >= 4 is 64.6 Å². The van der Waals surface area contributed by atoms with E-state index >= 15 is 0 Å². The van der Waals surface area contributed by atoms with Crippen LogP contribution in [0.5, 0.6) is 0 Å². The minimum absolute atomic E-state index is 0.0158. The van der Waals surface area contributed by atoms with Crippen LogP contribution >= 0.6 is 0 Å². The molecule has 0 atom stereocenters.